The number of alkyl halides is 2. The van der Waals surface area contributed by atoms with Gasteiger partial charge in [0.05, 0.1) is 31.0 Å². The summed E-state index contributed by atoms with van der Waals surface area (Å²) in [4.78, 5) is 24.2. The first-order valence-corrected chi connectivity index (χ1v) is 7.28. The summed E-state index contributed by atoms with van der Waals surface area (Å²) in [5.41, 5.74) is -1.26. The lowest BCUT2D eigenvalue weighted by molar-refractivity contribution is -0.0511. The van der Waals surface area contributed by atoms with Gasteiger partial charge in [0.1, 0.15) is 11.6 Å². The molecule has 0 saturated carbocycles. The lowest BCUT2D eigenvalue weighted by Crippen LogP contribution is -2.17. The normalized spacial score (nSPS) is 10.5. The van der Waals surface area contributed by atoms with Gasteiger partial charge in [0.2, 0.25) is 0 Å². The number of hydrogen-bond donors (Lipinski definition) is 1. The summed E-state index contributed by atoms with van der Waals surface area (Å²) in [5.74, 6) is -4.67. The molecule has 2 aromatic carbocycles. The summed E-state index contributed by atoms with van der Waals surface area (Å²) in [6.07, 6.45) is 0. The van der Waals surface area contributed by atoms with Crippen molar-refractivity contribution in [3.05, 3.63) is 53.1 Å². The van der Waals surface area contributed by atoms with Gasteiger partial charge in [0.25, 0.3) is 5.91 Å². The van der Waals surface area contributed by atoms with Gasteiger partial charge >= 0.3 is 12.6 Å². The number of carbonyl (C=O) groups excluding carboxylic acids is 2. The second-order valence-electron chi connectivity index (χ2n) is 5.00. The van der Waals surface area contributed by atoms with E-state index in [4.69, 9.17) is 4.74 Å². The predicted octanol–water partition coefficient (Wildman–Crippen LogP) is 3.61. The third-order valence-corrected chi connectivity index (χ3v) is 3.35. The smallest absolute Gasteiger partial charge is 0.387 e. The average Bonchev–Trinajstić information content (AvgIpc) is 2.62. The molecule has 0 bridgehead atoms. The number of nitrogens with one attached hydrogen (secondary N) is 1. The number of methoxy groups -OCH3 is 2. The Morgan fingerprint density at radius 1 is 1.00 bits per heavy atom. The third-order valence-electron chi connectivity index (χ3n) is 3.35. The minimum absolute atomic E-state index is 0.231. The molecule has 27 heavy (non-hydrogen) atoms. The number of benzene rings is 2. The maximum Gasteiger partial charge on any atom is 0.387 e. The lowest BCUT2D eigenvalue weighted by atomic mass is 10.1. The van der Waals surface area contributed by atoms with Crippen LogP contribution in [0.5, 0.6) is 11.5 Å². The highest BCUT2D eigenvalue weighted by molar-refractivity contribution is 6.08. The molecule has 0 spiro atoms. The topological polar surface area (TPSA) is 73.9 Å². The maximum absolute atomic E-state index is 13.8. The highest BCUT2D eigenvalue weighted by atomic mass is 19.3. The van der Waals surface area contributed by atoms with Gasteiger partial charge in [-0.1, -0.05) is 0 Å². The molecule has 0 atom stereocenters. The number of rotatable bonds is 6. The zero-order valence-corrected chi connectivity index (χ0v) is 14.0. The summed E-state index contributed by atoms with van der Waals surface area (Å²) >= 11 is 0. The number of carbonyl (C=O) groups is 2. The zero-order chi connectivity index (χ0) is 20.1. The third kappa shape index (κ3) is 4.66. The van der Waals surface area contributed by atoms with Crippen molar-refractivity contribution < 1.29 is 41.4 Å². The highest BCUT2D eigenvalue weighted by Crippen LogP contribution is 2.35. The van der Waals surface area contributed by atoms with Crippen LogP contribution in [0.3, 0.4) is 0 Å². The quantitative estimate of drug-likeness (QED) is 0.606. The van der Waals surface area contributed by atoms with E-state index in [1.54, 1.807) is 0 Å². The van der Waals surface area contributed by atoms with Crippen molar-refractivity contribution in [3.8, 4) is 11.5 Å². The van der Waals surface area contributed by atoms with Crippen molar-refractivity contribution >= 4 is 17.6 Å². The van der Waals surface area contributed by atoms with Crippen molar-refractivity contribution in [2.75, 3.05) is 19.5 Å². The monoisotopic (exact) mass is 387 g/mol. The minimum atomic E-state index is -3.22. The van der Waals surface area contributed by atoms with Crippen LogP contribution in [0.25, 0.3) is 0 Å². The Hall–Kier alpha value is -3.30. The average molecular weight is 387 g/mol. The first kappa shape index (κ1) is 20.0. The largest absolute Gasteiger partial charge is 0.493 e. The van der Waals surface area contributed by atoms with Gasteiger partial charge < -0.3 is 19.5 Å². The second kappa shape index (κ2) is 8.39. The fraction of sp³-hybridized carbons (Fsp3) is 0.176. The second-order valence-corrected chi connectivity index (χ2v) is 5.00. The number of ether oxygens (including phenoxy) is 3. The fourth-order valence-electron chi connectivity index (χ4n) is 2.15. The first-order valence-electron chi connectivity index (χ1n) is 7.28. The molecule has 0 aromatic heterocycles. The van der Waals surface area contributed by atoms with Crippen molar-refractivity contribution in [2.45, 2.75) is 6.61 Å². The van der Waals surface area contributed by atoms with Crippen molar-refractivity contribution in [1.29, 1.82) is 0 Å². The molecule has 0 unspecified atom stereocenters. The van der Waals surface area contributed by atoms with Gasteiger partial charge in [-0.05, 0) is 18.2 Å². The molecule has 1 amide bonds. The van der Waals surface area contributed by atoms with E-state index in [2.05, 4.69) is 14.8 Å². The van der Waals surface area contributed by atoms with Crippen LogP contribution in [0.2, 0.25) is 0 Å². The first-order chi connectivity index (χ1) is 12.8. The molecule has 2 rings (SSSR count). The number of hydrogen-bond acceptors (Lipinski definition) is 5. The Morgan fingerprint density at radius 2 is 1.70 bits per heavy atom. The van der Waals surface area contributed by atoms with Gasteiger partial charge in [-0.25, -0.2) is 13.6 Å². The van der Waals surface area contributed by atoms with Crippen molar-refractivity contribution in [3.63, 3.8) is 0 Å². The van der Waals surface area contributed by atoms with E-state index >= 15 is 0 Å². The molecule has 2 aromatic rings. The summed E-state index contributed by atoms with van der Waals surface area (Å²) < 4.78 is 65.9. The Balaban J connectivity index is 2.50. The van der Waals surface area contributed by atoms with Crippen LogP contribution in [0.15, 0.2) is 30.3 Å². The van der Waals surface area contributed by atoms with Crippen LogP contribution in [-0.4, -0.2) is 32.7 Å². The van der Waals surface area contributed by atoms with E-state index in [9.17, 15) is 27.2 Å². The predicted molar refractivity (Wildman–Crippen MR) is 85.3 cm³/mol. The molecule has 0 radical (unpaired) electrons. The van der Waals surface area contributed by atoms with Gasteiger partial charge in [0, 0.05) is 12.1 Å². The lowest BCUT2D eigenvalue weighted by Gasteiger charge is -2.15. The minimum Gasteiger partial charge on any atom is -0.493 e. The number of amides is 1. The molecule has 0 aliphatic carbocycles. The number of esters is 1. The Morgan fingerprint density at radius 3 is 2.30 bits per heavy atom. The molecule has 6 nitrogen and oxygen atoms in total. The van der Waals surface area contributed by atoms with E-state index < -0.39 is 41.4 Å². The molecule has 0 saturated heterocycles. The summed E-state index contributed by atoms with van der Waals surface area (Å²) in [6.45, 7) is -3.22. The maximum atomic E-state index is 13.8. The molecule has 10 heteroatoms. The van der Waals surface area contributed by atoms with E-state index in [-0.39, 0.29) is 17.0 Å². The fourth-order valence-corrected chi connectivity index (χ4v) is 2.15. The molecule has 144 valence electrons. The van der Waals surface area contributed by atoms with Gasteiger partial charge in [-0.3, -0.25) is 4.79 Å². The Labute approximate surface area is 150 Å². The molecular formula is C17H13F4NO5. The van der Waals surface area contributed by atoms with Crippen LogP contribution in [-0.2, 0) is 4.74 Å². The van der Waals surface area contributed by atoms with Crippen LogP contribution in [0, 0.1) is 11.6 Å². The summed E-state index contributed by atoms with van der Waals surface area (Å²) in [5, 5.41) is 2.15. The van der Waals surface area contributed by atoms with E-state index in [1.165, 1.54) is 0 Å². The van der Waals surface area contributed by atoms with Gasteiger partial charge in [-0.2, -0.15) is 8.78 Å². The van der Waals surface area contributed by atoms with Crippen LogP contribution >= 0.6 is 0 Å². The van der Waals surface area contributed by atoms with Gasteiger partial charge in [-0.15, -0.1) is 0 Å². The zero-order valence-electron chi connectivity index (χ0n) is 14.0. The highest BCUT2D eigenvalue weighted by Gasteiger charge is 2.22. The van der Waals surface area contributed by atoms with Crippen LogP contribution in [0.4, 0.5) is 23.2 Å². The van der Waals surface area contributed by atoms with Crippen LogP contribution in [0.1, 0.15) is 20.7 Å². The molecule has 0 heterocycles. The van der Waals surface area contributed by atoms with E-state index in [0.29, 0.717) is 6.07 Å². The molecule has 0 aliphatic rings. The van der Waals surface area contributed by atoms with E-state index in [1.807, 2.05) is 0 Å². The van der Waals surface area contributed by atoms with Crippen LogP contribution < -0.4 is 14.8 Å². The Bertz CT molecular complexity index is 873. The number of halogens is 4. The molecule has 1 N–H and O–H groups in total. The van der Waals surface area contributed by atoms with E-state index in [0.717, 1.165) is 38.5 Å². The van der Waals surface area contributed by atoms with Gasteiger partial charge in [0.15, 0.2) is 11.5 Å². The SMILES string of the molecule is COC(=O)c1cc(OC)c(OC(F)F)cc1NC(=O)c1cc(F)ccc1F. The number of anilines is 1. The Kier molecular flexibility index (Phi) is 6.22. The summed E-state index contributed by atoms with van der Waals surface area (Å²) in [6, 6.07) is 4.08. The molecule has 0 aliphatic heterocycles. The summed E-state index contributed by atoms with van der Waals surface area (Å²) in [7, 11) is 2.20. The van der Waals surface area contributed by atoms with Crippen molar-refractivity contribution in [1.82, 2.24) is 0 Å². The van der Waals surface area contributed by atoms with Crippen molar-refractivity contribution in [2.24, 2.45) is 0 Å². The molecule has 0 fully saturated rings. The standard InChI is InChI=1S/C17H13F4NO5/c1-25-13-6-10(16(24)26-2)12(7-14(13)27-17(20)21)22-15(23)9-5-8(18)3-4-11(9)19/h3-7,17H,1-2H3,(H,22,23). The molecular weight excluding hydrogens is 374 g/mol.